The lowest BCUT2D eigenvalue weighted by Crippen LogP contribution is -2.55. The van der Waals surface area contributed by atoms with E-state index in [1.54, 1.807) is 11.8 Å². The molecule has 0 aromatic rings. The Balaban J connectivity index is 2.59. The van der Waals surface area contributed by atoms with Gasteiger partial charge in [-0.3, -0.25) is 9.59 Å². The number of likely N-dealkylation sites (tertiary alicyclic amines) is 1. The number of rotatable bonds is 5. The largest absolute Gasteiger partial charge is 0.343 e. The zero-order valence-corrected chi connectivity index (χ0v) is 11.8. The monoisotopic (exact) mass is 255 g/mol. The van der Waals surface area contributed by atoms with E-state index in [2.05, 4.69) is 5.32 Å². The van der Waals surface area contributed by atoms with Crippen LogP contribution in [-0.2, 0) is 9.59 Å². The molecular formula is C13H25N3O2. The van der Waals surface area contributed by atoms with Crippen LogP contribution in [0.4, 0.5) is 0 Å². The topological polar surface area (TPSA) is 75.4 Å². The Labute approximate surface area is 109 Å². The summed E-state index contributed by atoms with van der Waals surface area (Å²) in [6.45, 7) is 8.36. The molecule has 2 amide bonds. The van der Waals surface area contributed by atoms with Gasteiger partial charge in [-0.25, -0.2) is 0 Å². The summed E-state index contributed by atoms with van der Waals surface area (Å²) in [5.74, 6) is -0.223. The summed E-state index contributed by atoms with van der Waals surface area (Å²) in [4.78, 5) is 25.9. The van der Waals surface area contributed by atoms with Crippen molar-refractivity contribution in [1.29, 1.82) is 0 Å². The normalized spacial score (nSPS) is 23.3. The maximum atomic E-state index is 12.0. The first-order valence-corrected chi connectivity index (χ1v) is 6.70. The van der Waals surface area contributed by atoms with Crippen LogP contribution in [0.15, 0.2) is 0 Å². The summed E-state index contributed by atoms with van der Waals surface area (Å²) in [6.07, 6.45) is 2.13. The summed E-state index contributed by atoms with van der Waals surface area (Å²) in [5, 5.41) is 2.78. The smallest absolute Gasteiger partial charge is 0.245 e. The molecule has 0 radical (unpaired) electrons. The van der Waals surface area contributed by atoms with Crippen molar-refractivity contribution in [3.05, 3.63) is 0 Å². The molecule has 18 heavy (non-hydrogen) atoms. The highest BCUT2D eigenvalue weighted by atomic mass is 16.2. The second-order valence-corrected chi connectivity index (χ2v) is 5.61. The third-order valence-corrected chi connectivity index (χ3v) is 3.46. The zero-order valence-electron chi connectivity index (χ0n) is 11.8. The van der Waals surface area contributed by atoms with E-state index in [9.17, 15) is 9.59 Å². The third kappa shape index (κ3) is 3.22. The van der Waals surface area contributed by atoms with Crippen LogP contribution in [0.1, 0.15) is 47.0 Å². The van der Waals surface area contributed by atoms with Crippen molar-refractivity contribution in [3.63, 3.8) is 0 Å². The average molecular weight is 255 g/mol. The third-order valence-electron chi connectivity index (χ3n) is 3.46. The minimum absolute atomic E-state index is 0.00523. The van der Waals surface area contributed by atoms with Crippen LogP contribution in [0.3, 0.4) is 0 Å². The van der Waals surface area contributed by atoms with E-state index in [1.807, 2.05) is 20.8 Å². The van der Waals surface area contributed by atoms with E-state index in [0.29, 0.717) is 19.4 Å². The molecule has 1 rings (SSSR count). The molecular weight excluding hydrogens is 230 g/mol. The minimum Gasteiger partial charge on any atom is -0.343 e. The van der Waals surface area contributed by atoms with E-state index in [0.717, 1.165) is 6.42 Å². The number of nitrogens with zero attached hydrogens (tertiary/aromatic N) is 1. The van der Waals surface area contributed by atoms with Crippen molar-refractivity contribution in [2.45, 2.75) is 64.6 Å². The molecule has 0 bridgehead atoms. The van der Waals surface area contributed by atoms with E-state index in [4.69, 9.17) is 5.73 Å². The highest BCUT2D eigenvalue weighted by Gasteiger charge is 2.37. The number of nitrogens with two attached hydrogens (primary N) is 1. The second-order valence-electron chi connectivity index (χ2n) is 5.61. The van der Waals surface area contributed by atoms with Gasteiger partial charge in [0.1, 0.15) is 6.04 Å². The fraction of sp³-hybridized carbons (Fsp3) is 0.846. The lowest BCUT2D eigenvalue weighted by Gasteiger charge is -2.25. The summed E-state index contributed by atoms with van der Waals surface area (Å²) in [5.41, 5.74) is 5.06. The van der Waals surface area contributed by atoms with Gasteiger partial charge in [0.05, 0.1) is 5.54 Å². The first-order valence-electron chi connectivity index (χ1n) is 6.70. The van der Waals surface area contributed by atoms with Crippen LogP contribution < -0.4 is 11.1 Å². The van der Waals surface area contributed by atoms with Crippen molar-refractivity contribution in [3.8, 4) is 0 Å². The van der Waals surface area contributed by atoms with Gasteiger partial charge in [-0.1, -0.05) is 13.3 Å². The molecule has 0 aromatic heterocycles. The minimum atomic E-state index is -0.889. The van der Waals surface area contributed by atoms with Crippen molar-refractivity contribution in [2.75, 3.05) is 6.54 Å². The van der Waals surface area contributed by atoms with E-state index in [1.165, 1.54) is 0 Å². The van der Waals surface area contributed by atoms with Crippen molar-refractivity contribution < 1.29 is 9.59 Å². The number of carbonyl (C=O) groups excluding carboxylic acids is 2. The molecule has 0 aromatic carbocycles. The summed E-state index contributed by atoms with van der Waals surface area (Å²) >= 11 is 0. The van der Waals surface area contributed by atoms with Crippen LogP contribution in [-0.4, -0.2) is 40.9 Å². The molecule has 2 atom stereocenters. The Morgan fingerprint density at radius 1 is 1.61 bits per heavy atom. The predicted molar refractivity (Wildman–Crippen MR) is 70.9 cm³/mol. The lowest BCUT2D eigenvalue weighted by molar-refractivity contribution is -0.135. The molecule has 2 unspecified atom stereocenters. The molecule has 0 saturated carbocycles. The number of carbonyl (C=O) groups is 2. The SMILES string of the molecule is CCCC(C)(N)C(=O)NC1CCN(C(C)C)C1=O. The average Bonchev–Trinajstić information content (AvgIpc) is 2.60. The zero-order chi connectivity index (χ0) is 13.9. The highest BCUT2D eigenvalue weighted by molar-refractivity contribution is 5.92. The van der Waals surface area contributed by atoms with E-state index >= 15 is 0 Å². The maximum Gasteiger partial charge on any atom is 0.245 e. The fourth-order valence-corrected chi connectivity index (χ4v) is 2.30. The molecule has 3 N–H and O–H groups in total. The standard InChI is InChI=1S/C13H25N3O2/c1-5-7-13(4,14)12(18)15-10-6-8-16(9(2)3)11(10)17/h9-10H,5-8,14H2,1-4H3,(H,15,18). The molecule has 1 fully saturated rings. The van der Waals surface area contributed by atoms with Gasteiger partial charge in [0.15, 0.2) is 0 Å². The van der Waals surface area contributed by atoms with E-state index in [-0.39, 0.29) is 17.9 Å². The van der Waals surface area contributed by atoms with Crippen LogP contribution in [0.25, 0.3) is 0 Å². The van der Waals surface area contributed by atoms with Crippen molar-refractivity contribution in [1.82, 2.24) is 10.2 Å². The van der Waals surface area contributed by atoms with Crippen LogP contribution in [0.5, 0.6) is 0 Å². The van der Waals surface area contributed by atoms with E-state index < -0.39 is 11.6 Å². The molecule has 1 aliphatic rings. The number of amides is 2. The van der Waals surface area contributed by atoms with Gasteiger partial charge in [0.25, 0.3) is 0 Å². The van der Waals surface area contributed by atoms with Crippen molar-refractivity contribution in [2.24, 2.45) is 5.73 Å². The number of hydrogen-bond acceptors (Lipinski definition) is 3. The second kappa shape index (κ2) is 5.69. The van der Waals surface area contributed by atoms with Gasteiger partial charge >= 0.3 is 0 Å². The maximum absolute atomic E-state index is 12.0. The molecule has 1 saturated heterocycles. The van der Waals surface area contributed by atoms with Gasteiger partial charge in [0.2, 0.25) is 11.8 Å². The Kier molecular flexibility index (Phi) is 4.73. The summed E-state index contributed by atoms with van der Waals surface area (Å²) in [6, 6.07) is -0.223. The Morgan fingerprint density at radius 3 is 2.67 bits per heavy atom. The molecule has 104 valence electrons. The Bertz CT molecular complexity index is 326. The first-order chi connectivity index (χ1) is 8.29. The Morgan fingerprint density at radius 2 is 2.22 bits per heavy atom. The summed E-state index contributed by atoms with van der Waals surface area (Å²) < 4.78 is 0. The van der Waals surface area contributed by atoms with Gasteiger partial charge in [-0.05, 0) is 33.6 Å². The van der Waals surface area contributed by atoms with Gasteiger partial charge < -0.3 is 16.0 Å². The van der Waals surface area contributed by atoms with Gasteiger partial charge in [-0.15, -0.1) is 0 Å². The highest BCUT2D eigenvalue weighted by Crippen LogP contribution is 2.16. The van der Waals surface area contributed by atoms with Crippen molar-refractivity contribution >= 4 is 11.8 Å². The molecule has 1 heterocycles. The summed E-state index contributed by atoms with van der Waals surface area (Å²) in [7, 11) is 0. The molecule has 5 heteroatoms. The fourth-order valence-electron chi connectivity index (χ4n) is 2.30. The number of hydrogen-bond donors (Lipinski definition) is 2. The quantitative estimate of drug-likeness (QED) is 0.756. The molecule has 0 spiro atoms. The molecule has 1 aliphatic heterocycles. The first kappa shape index (κ1) is 15.0. The number of nitrogens with one attached hydrogen (secondary N) is 1. The lowest BCUT2D eigenvalue weighted by atomic mass is 9.96. The molecule has 0 aliphatic carbocycles. The van der Waals surface area contributed by atoms with Gasteiger partial charge in [-0.2, -0.15) is 0 Å². The van der Waals surface area contributed by atoms with Gasteiger partial charge in [0, 0.05) is 12.6 Å². The van der Waals surface area contributed by atoms with Crippen LogP contribution in [0.2, 0.25) is 0 Å². The van der Waals surface area contributed by atoms with Crippen LogP contribution in [0, 0.1) is 0 Å². The molecule has 5 nitrogen and oxygen atoms in total. The Hall–Kier alpha value is -1.10. The van der Waals surface area contributed by atoms with Crippen LogP contribution >= 0.6 is 0 Å². The predicted octanol–water partition coefficient (Wildman–Crippen LogP) is 0.629.